The average Bonchev–Trinajstić information content (AvgIpc) is 2.32. The molecular formula is C14H14N2O. The predicted molar refractivity (Wildman–Crippen MR) is 66.4 cm³/mol. The van der Waals surface area contributed by atoms with Crippen LogP contribution in [-0.2, 0) is 17.6 Å². The SMILES string of the molecule is NC(=O)Cc1ncccc1Cc1ccccc1. The third-order valence-electron chi connectivity index (χ3n) is 2.56. The van der Waals surface area contributed by atoms with Crippen LogP contribution in [0.15, 0.2) is 48.7 Å². The van der Waals surface area contributed by atoms with E-state index in [1.165, 1.54) is 5.56 Å². The summed E-state index contributed by atoms with van der Waals surface area (Å²) < 4.78 is 0. The molecule has 0 atom stereocenters. The van der Waals surface area contributed by atoms with E-state index in [4.69, 9.17) is 5.73 Å². The van der Waals surface area contributed by atoms with Crippen molar-refractivity contribution in [3.05, 3.63) is 65.5 Å². The number of primary amides is 1. The summed E-state index contributed by atoms with van der Waals surface area (Å²) in [6.45, 7) is 0. The van der Waals surface area contributed by atoms with E-state index >= 15 is 0 Å². The Morgan fingerprint density at radius 2 is 1.88 bits per heavy atom. The molecule has 0 saturated carbocycles. The lowest BCUT2D eigenvalue weighted by molar-refractivity contribution is -0.117. The van der Waals surface area contributed by atoms with E-state index in [0.29, 0.717) is 0 Å². The van der Waals surface area contributed by atoms with Crippen LogP contribution in [-0.4, -0.2) is 10.9 Å². The van der Waals surface area contributed by atoms with Gasteiger partial charge in [-0.1, -0.05) is 36.4 Å². The Hall–Kier alpha value is -2.16. The summed E-state index contributed by atoms with van der Waals surface area (Å²) in [6, 6.07) is 14.0. The highest BCUT2D eigenvalue weighted by atomic mass is 16.1. The summed E-state index contributed by atoms with van der Waals surface area (Å²) in [6.07, 6.45) is 2.66. The predicted octanol–water partition coefficient (Wildman–Crippen LogP) is 1.70. The summed E-state index contributed by atoms with van der Waals surface area (Å²) in [5.74, 6) is -0.349. The third kappa shape index (κ3) is 3.14. The van der Waals surface area contributed by atoms with Gasteiger partial charge in [-0.2, -0.15) is 0 Å². The number of hydrogen-bond donors (Lipinski definition) is 1. The maximum absolute atomic E-state index is 11.0. The van der Waals surface area contributed by atoms with Crippen molar-refractivity contribution in [3.8, 4) is 0 Å². The van der Waals surface area contributed by atoms with Crippen molar-refractivity contribution >= 4 is 5.91 Å². The van der Waals surface area contributed by atoms with Gasteiger partial charge in [0.1, 0.15) is 0 Å². The van der Waals surface area contributed by atoms with E-state index in [1.54, 1.807) is 6.20 Å². The fourth-order valence-electron chi connectivity index (χ4n) is 1.77. The second-order valence-corrected chi connectivity index (χ2v) is 3.91. The number of benzene rings is 1. The Labute approximate surface area is 100 Å². The van der Waals surface area contributed by atoms with Gasteiger partial charge in [-0.25, -0.2) is 0 Å². The summed E-state index contributed by atoms with van der Waals surface area (Å²) in [5.41, 5.74) is 8.23. The van der Waals surface area contributed by atoms with E-state index in [-0.39, 0.29) is 12.3 Å². The van der Waals surface area contributed by atoms with E-state index in [0.717, 1.165) is 17.7 Å². The van der Waals surface area contributed by atoms with Crippen LogP contribution in [0.1, 0.15) is 16.8 Å². The normalized spacial score (nSPS) is 10.1. The molecule has 0 unspecified atom stereocenters. The van der Waals surface area contributed by atoms with E-state index in [1.807, 2.05) is 30.3 Å². The number of carbonyl (C=O) groups is 1. The molecule has 0 aliphatic rings. The molecule has 0 aliphatic carbocycles. The van der Waals surface area contributed by atoms with Gasteiger partial charge >= 0.3 is 0 Å². The van der Waals surface area contributed by atoms with Gasteiger partial charge in [-0.15, -0.1) is 0 Å². The third-order valence-corrected chi connectivity index (χ3v) is 2.56. The second-order valence-electron chi connectivity index (χ2n) is 3.91. The van der Waals surface area contributed by atoms with Gasteiger partial charge in [0.15, 0.2) is 0 Å². The number of aromatic nitrogens is 1. The number of hydrogen-bond acceptors (Lipinski definition) is 2. The van der Waals surface area contributed by atoms with Crippen molar-refractivity contribution in [1.29, 1.82) is 0 Å². The molecule has 2 rings (SSSR count). The summed E-state index contributed by atoms with van der Waals surface area (Å²) in [4.78, 5) is 15.2. The van der Waals surface area contributed by atoms with Gasteiger partial charge in [0.25, 0.3) is 0 Å². The first-order valence-corrected chi connectivity index (χ1v) is 5.50. The maximum atomic E-state index is 11.0. The molecule has 0 bridgehead atoms. The van der Waals surface area contributed by atoms with Crippen molar-refractivity contribution in [1.82, 2.24) is 4.98 Å². The van der Waals surface area contributed by atoms with Crippen LogP contribution in [0.25, 0.3) is 0 Å². The standard InChI is InChI=1S/C14H14N2O/c15-14(17)10-13-12(7-4-8-16-13)9-11-5-2-1-3-6-11/h1-8H,9-10H2,(H2,15,17). The Kier molecular flexibility index (Phi) is 3.50. The van der Waals surface area contributed by atoms with E-state index in [9.17, 15) is 4.79 Å². The minimum absolute atomic E-state index is 0.197. The van der Waals surface area contributed by atoms with E-state index < -0.39 is 0 Å². The molecular weight excluding hydrogens is 212 g/mol. The van der Waals surface area contributed by atoms with Crippen LogP contribution >= 0.6 is 0 Å². The molecule has 2 N–H and O–H groups in total. The quantitative estimate of drug-likeness (QED) is 0.862. The van der Waals surface area contributed by atoms with Crippen LogP contribution in [0.5, 0.6) is 0 Å². The molecule has 1 heterocycles. The smallest absolute Gasteiger partial charge is 0.223 e. The minimum Gasteiger partial charge on any atom is -0.369 e. The number of pyridine rings is 1. The largest absolute Gasteiger partial charge is 0.369 e. The highest BCUT2D eigenvalue weighted by Gasteiger charge is 2.06. The zero-order valence-electron chi connectivity index (χ0n) is 9.47. The minimum atomic E-state index is -0.349. The molecule has 0 saturated heterocycles. The lowest BCUT2D eigenvalue weighted by atomic mass is 10.0. The fourth-order valence-corrected chi connectivity index (χ4v) is 1.77. The molecule has 0 fully saturated rings. The van der Waals surface area contributed by atoms with Crippen LogP contribution in [0, 0.1) is 0 Å². The first-order valence-electron chi connectivity index (χ1n) is 5.50. The topological polar surface area (TPSA) is 56.0 Å². The molecule has 1 amide bonds. The highest BCUT2D eigenvalue weighted by molar-refractivity contribution is 5.76. The Bertz CT molecular complexity index is 509. The second kappa shape index (κ2) is 5.25. The van der Waals surface area contributed by atoms with Crippen LogP contribution in [0.2, 0.25) is 0 Å². The number of rotatable bonds is 4. The van der Waals surface area contributed by atoms with Gasteiger partial charge in [0, 0.05) is 6.20 Å². The number of carbonyl (C=O) groups excluding carboxylic acids is 1. The first kappa shape index (κ1) is 11.3. The lowest BCUT2D eigenvalue weighted by Gasteiger charge is -2.06. The van der Waals surface area contributed by atoms with Crippen molar-refractivity contribution in [2.45, 2.75) is 12.8 Å². The molecule has 86 valence electrons. The zero-order chi connectivity index (χ0) is 12.1. The lowest BCUT2D eigenvalue weighted by Crippen LogP contribution is -2.16. The summed E-state index contributed by atoms with van der Waals surface area (Å²) in [5, 5.41) is 0. The maximum Gasteiger partial charge on any atom is 0.223 e. The molecule has 1 aromatic carbocycles. The van der Waals surface area contributed by atoms with Crippen LogP contribution in [0.4, 0.5) is 0 Å². The monoisotopic (exact) mass is 226 g/mol. The molecule has 1 aromatic heterocycles. The Morgan fingerprint density at radius 1 is 1.12 bits per heavy atom. The highest BCUT2D eigenvalue weighted by Crippen LogP contribution is 2.12. The van der Waals surface area contributed by atoms with Gasteiger partial charge in [0.05, 0.1) is 12.1 Å². The summed E-state index contributed by atoms with van der Waals surface area (Å²) in [7, 11) is 0. The Balaban J connectivity index is 2.23. The fraction of sp³-hybridized carbons (Fsp3) is 0.143. The molecule has 17 heavy (non-hydrogen) atoms. The molecule has 0 aliphatic heterocycles. The first-order chi connectivity index (χ1) is 8.25. The average molecular weight is 226 g/mol. The molecule has 3 heteroatoms. The van der Waals surface area contributed by atoms with Crippen molar-refractivity contribution in [3.63, 3.8) is 0 Å². The Morgan fingerprint density at radius 3 is 2.59 bits per heavy atom. The van der Waals surface area contributed by atoms with Gasteiger partial charge in [0.2, 0.25) is 5.91 Å². The zero-order valence-corrected chi connectivity index (χ0v) is 9.47. The molecule has 3 nitrogen and oxygen atoms in total. The number of amides is 1. The molecule has 0 spiro atoms. The van der Waals surface area contributed by atoms with Crippen LogP contribution < -0.4 is 5.73 Å². The summed E-state index contributed by atoms with van der Waals surface area (Å²) >= 11 is 0. The molecule has 2 aromatic rings. The molecule has 0 radical (unpaired) electrons. The van der Waals surface area contributed by atoms with Gasteiger partial charge in [-0.05, 0) is 23.6 Å². The van der Waals surface area contributed by atoms with Crippen LogP contribution in [0.3, 0.4) is 0 Å². The van der Waals surface area contributed by atoms with Gasteiger partial charge in [-0.3, -0.25) is 9.78 Å². The van der Waals surface area contributed by atoms with Gasteiger partial charge < -0.3 is 5.73 Å². The van der Waals surface area contributed by atoms with Crippen molar-refractivity contribution < 1.29 is 4.79 Å². The number of nitrogens with zero attached hydrogens (tertiary/aromatic N) is 1. The van der Waals surface area contributed by atoms with E-state index in [2.05, 4.69) is 17.1 Å². The van der Waals surface area contributed by atoms with Crippen molar-refractivity contribution in [2.75, 3.05) is 0 Å². The van der Waals surface area contributed by atoms with Crippen molar-refractivity contribution in [2.24, 2.45) is 5.73 Å². The number of nitrogens with two attached hydrogens (primary N) is 1.